The number of rotatable bonds is 3. The quantitative estimate of drug-likeness (QED) is 0.734. The molecule has 1 aromatic heterocycles. The smallest absolute Gasteiger partial charge is 0.0670 e. The Morgan fingerprint density at radius 2 is 2.11 bits per heavy atom. The Hall–Kier alpha value is -1.52. The number of aromatic amines is 1. The fraction of sp³-hybridized carbons (Fsp3) is 0.0714. The Balaban J connectivity index is 1.77. The number of hydrogen-bond acceptors (Lipinski definition) is 2. The number of halogens is 2. The minimum atomic E-state index is 0.731. The lowest BCUT2D eigenvalue weighted by molar-refractivity contribution is 1.11. The molecule has 0 saturated heterocycles. The van der Waals surface area contributed by atoms with Crippen LogP contribution >= 0.6 is 27.5 Å². The predicted molar refractivity (Wildman–Crippen MR) is 82.6 cm³/mol. The number of H-pyrrole nitrogens is 1. The van der Waals surface area contributed by atoms with Gasteiger partial charge in [0.2, 0.25) is 0 Å². The van der Waals surface area contributed by atoms with E-state index < -0.39 is 0 Å². The maximum atomic E-state index is 5.93. The summed E-state index contributed by atoms with van der Waals surface area (Å²) >= 11 is 9.44. The van der Waals surface area contributed by atoms with Crippen molar-refractivity contribution in [3.63, 3.8) is 0 Å². The van der Waals surface area contributed by atoms with Crippen molar-refractivity contribution >= 4 is 44.1 Å². The van der Waals surface area contributed by atoms with Crippen LogP contribution in [0.4, 0.5) is 5.69 Å². The van der Waals surface area contributed by atoms with E-state index in [9.17, 15) is 0 Å². The first-order chi connectivity index (χ1) is 9.22. The zero-order chi connectivity index (χ0) is 13.2. The van der Waals surface area contributed by atoms with Crippen LogP contribution in [0.25, 0.3) is 10.9 Å². The molecule has 19 heavy (non-hydrogen) atoms. The van der Waals surface area contributed by atoms with Gasteiger partial charge in [-0.3, -0.25) is 5.10 Å². The van der Waals surface area contributed by atoms with E-state index in [1.807, 2.05) is 42.6 Å². The third-order valence-electron chi connectivity index (χ3n) is 2.94. The first kappa shape index (κ1) is 12.5. The van der Waals surface area contributed by atoms with Crippen LogP contribution in [0.3, 0.4) is 0 Å². The van der Waals surface area contributed by atoms with Crippen LogP contribution < -0.4 is 5.32 Å². The van der Waals surface area contributed by atoms with Gasteiger partial charge in [0, 0.05) is 27.1 Å². The normalized spacial score (nSPS) is 10.8. The van der Waals surface area contributed by atoms with Gasteiger partial charge >= 0.3 is 0 Å². The molecule has 0 aliphatic heterocycles. The largest absolute Gasteiger partial charge is 0.381 e. The minimum Gasteiger partial charge on any atom is -0.381 e. The summed E-state index contributed by atoms with van der Waals surface area (Å²) in [4.78, 5) is 0. The van der Waals surface area contributed by atoms with Crippen molar-refractivity contribution < 1.29 is 0 Å². The molecule has 0 radical (unpaired) electrons. The van der Waals surface area contributed by atoms with Crippen molar-refractivity contribution in [1.82, 2.24) is 10.2 Å². The topological polar surface area (TPSA) is 40.7 Å². The van der Waals surface area contributed by atoms with Crippen LogP contribution in [-0.4, -0.2) is 10.2 Å². The van der Waals surface area contributed by atoms with Crippen molar-refractivity contribution in [1.29, 1.82) is 0 Å². The highest BCUT2D eigenvalue weighted by molar-refractivity contribution is 9.10. The number of anilines is 1. The number of hydrogen-bond donors (Lipinski definition) is 2. The van der Waals surface area contributed by atoms with Gasteiger partial charge in [0.1, 0.15) is 0 Å². The third kappa shape index (κ3) is 2.74. The molecular formula is C14H11BrClN3. The Morgan fingerprint density at radius 1 is 1.21 bits per heavy atom. The van der Waals surface area contributed by atoms with Gasteiger partial charge in [0.25, 0.3) is 0 Å². The maximum Gasteiger partial charge on any atom is 0.0670 e. The number of nitrogens with zero attached hydrogens (tertiary/aromatic N) is 1. The molecule has 96 valence electrons. The van der Waals surface area contributed by atoms with E-state index in [4.69, 9.17) is 11.6 Å². The SMILES string of the molecule is Clc1ccc(CNc2ccc3cn[nH]c3c2)c(Br)c1. The summed E-state index contributed by atoms with van der Waals surface area (Å²) < 4.78 is 1.01. The van der Waals surface area contributed by atoms with E-state index in [0.717, 1.165) is 38.2 Å². The Kier molecular flexibility index (Phi) is 3.44. The van der Waals surface area contributed by atoms with Crippen molar-refractivity contribution in [2.45, 2.75) is 6.54 Å². The van der Waals surface area contributed by atoms with Crippen LogP contribution in [0, 0.1) is 0 Å². The summed E-state index contributed by atoms with van der Waals surface area (Å²) in [5, 5.41) is 12.2. The summed E-state index contributed by atoms with van der Waals surface area (Å²) in [5.41, 5.74) is 3.24. The first-order valence-electron chi connectivity index (χ1n) is 5.83. The molecule has 0 fully saturated rings. The van der Waals surface area contributed by atoms with Gasteiger partial charge in [-0.05, 0) is 35.9 Å². The zero-order valence-corrected chi connectivity index (χ0v) is 12.3. The molecule has 0 saturated carbocycles. The summed E-state index contributed by atoms with van der Waals surface area (Å²) in [6, 6.07) is 11.9. The molecule has 3 nitrogen and oxygen atoms in total. The van der Waals surface area contributed by atoms with Gasteiger partial charge in [-0.15, -0.1) is 0 Å². The summed E-state index contributed by atoms with van der Waals surface area (Å²) in [7, 11) is 0. The van der Waals surface area contributed by atoms with Gasteiger partial charge in [0.15, 0.2) is 0 Å². The molecule has 3 rings (SSSR count). The second kappa shape index (κ2) is 5.23. The highest BCUT2D eigenvalue weighted by atomic mass is 79.9. The minimum absolute atomic E-state index is 0.731. The number of aromatic nitrogens is 2. The highest BCUT2D eigenvalue weighted by Crippen LogP contribution is 2.23. The molecule has 0 aliphatic rings. The average Bonchev–Trinajstić information content (AvgIpc) is 2.85. The van der Waals surface area contributed by atoms with Crippen molar-refractivity contribution in [2.75, 3.05) is 5.32 Å². The second-order valence-corrected chi connectivity index (χ2v) is 5.55. The highest BCUT2D eigenvalue weighted by Gasteiger charge is 2.02. The van der Waals surface area contributed by atoms with Crippen LogP contribution in [0.5, 0.6) is 0 Å². The lowest BCUT2D eigenvalue weighted by Crippen LogP contribution is -1.99. The summed E-state index contributed by atoms with van der Waals surface area (Å²) in [5.74, 6) is 0. The third-order valence-corrected chi connectivity index (χ3v) is 3.91. The molecule has 2 N–H and O–H groups in total. The molecule has 0 atom stereocenters. The Labute approximate surface area is 124 Å². The molecule has 3 aromatic rings. The number of benzene rings is 2. The van der Waals surface area contributed by atoms with Crippen molar-refractivity contribution in [3.8, 4) is 0 Å². The number of fused-ring (bicyclic) bond motifs is 1. The molecule has 0 bridgehead atoms. The fourth-order valence-corrected chi connectivity index (χ4v) is 2.73. The average molecular weight is 337 g/mol. The van der Waals surface area contributed by atoms with E-state index in [2.05, 4.69) is 31.4 Å². The van der Waals surface area contributed by atoms with Crippen molar-refractivity contribution in [3.05, 3.63) is 57.7 Å². The molecule has 0 spiro atoms. The maximum absolute atomic E-state index is 5.93. The zero-order valence-electron chi connectivity index (χ0n) is 9.95. The molecule has 0 unspecified atom stereocenters. The summed E-state index contributed by atoms with van der Waals surface area (Å²) in [6.07, 6.45) is 1.81. The van der Waals surface area contributed by atoms with Crippen LogP contribution in [0.15, 0.2) is 47.1 Å². The lowest BCUT2D eigenvalue weighted by Gasteiger charge is -2.08. The monoisotopic (exact) mass is 335 g/mol. The van der Waals surface area contributed by atoms with Crippen LogP contribution in [0.1, 0.15) is 5.56 Å². The van der Waals surface area contributed by atoms with E-state index >= 15 is 0 Å². The molecule has 1 heterocycles. The van der Waals surface area contributed by atoms with Gasteiger partial charge < -0.3 is 5.32 Å². The molecule has 5 heteroatoms. The molecule has 0 aliphatic carbocycles. The standard InChI is InChI=1S/C14H11BrClN3/c15-13-5-11(16)3-1-9(13)7-17-12-4-2-10-8-18-19-14(10)6-12/h1-6,8,17H,7H2,(H,18,19). The van der Waals surface area contributed by atoms with E-state index in [-0.39, 0.29) is 0 Å². The molecular weight excluding hydrogens is 326 g/mol. The Morgan fingerprint density at radius 3 is 2.95 bits per heavy atom. The van der Waals surface area contributed by atoms with E-state index in [1.165, 1.54) is 0 Å². The van der Waals surface area contributed by atoms with Gasteiger partial charge in [-0.25, -0.2) is 0 Å². The second-order valence-electron chi connectivity index (χ2n) is 4.26. The fourth-order valence-electron chi connectivity index (χ4n) is 1.91. The Bertz CT molecular complexity index is 724. The van der Waals surface area contributed by atoms with Crippen molar-refractivity contribution in [2.24, 2.45) is 0 Å². The molecule has 0 amide bonds. The molecule has 2 aromatic carbocycles. The number of nitrogens with one attached hydrogen (secondary N) is 2. The van der Waals surface area contributed by atoms with Gasteiger partial charge in [0.05, 0.1) is 11.7 Å². The summed E-state index contributed by atoms with van der Waals surface area (Å²) in [6.45, 7) is 0.734. The van der Waals surface area contributed by atoms with E-state index in [0.29, 0.717) is 0 Å². The van der Waals surface area contributed by atoms with Gasteiger partial charge in [-0.1, -0.05) is 33.6 Å². The van der Waals surface area contributed by atoms with Crippen LogP contribution in [0.2, 0.25) is 5.02 Å². The van der Waals surface area contributed by atoms with Crippen LogP contribution in [-0.2, 0) is 6.54 Å². The predicted octanol–water partition coefficient (Wildman–Crippen LogP) is 4.59. The van der Waals surface area contributed by atoms with Gasteiger partial charge in [-0.2, -0.15) is 5.10 Å². The first-order valence-corrected chi connectivity index (χ1v) is 7.00. The van der Waals surface area contributed by atoms with E-state index in [1.54, 1.807) is 0 Å². The lowest BCUT2D eigenvalue weighted by atomic mass is 10.2.